The van der Waals surface area contributed by atoms with Gasteiger partial charge < -0.3 is 15.5 Å². The number of hydrogen-bond acceptors (Lipinski definition) is 5. The van der Waals surface area contributed by atoms with Gasteiger partial charge in [0.25, 0.3) is 0 Å². The van der Waals surface area contributed by atoms with Crippen LogP contribution in [-0.2, 0) is 4.79 Å². The lowest BCUT2D eigenvalue weighted by atomic mass is 9.96. The second-order valence-electron chi connectivity index (χ2n) is 5.26. The van der Waals surface area contributed by atoms with Gasteiger partial charge in [-0.05, 0) is 26.8 Å². The van der Waals surface area contributed by atoms with E-state index in [1.165, 1.54) is 0 Å². The zero-order chi connectivity index (χ0) is 14.4. The van der Waals surface area contributed by atoms with Crippen molar-refractivity contribution in [3.63, 3.8) is 0 Å². The van der Waals surface area contributed by atoms with E-state index in [4.69, 9.17) is 0 Å². The monoisotopic (exact) mass is 349 g/mol. The normalized spacial score (nSPS) is 16.2. The molecule has 0 bridgehead atoms. The van der Waals surface area contributed by atoms with Gasteiger partial charge in [-0.2, -0.15) is 0 Å². The van der Waals surface area contributed by atoms with Crippen molar-refractivity contribution in [2.45, 2.75) is 25.8 Å². The molecule has 0 saturated carbocycles. The standard InChI is InChI=1S/C14H23N5O.2ClH/c1-11(15-2)9-18-14(20)12-3-7-19(8-4-12)13-10-16-5-6-17-13;;/h5-6,10-12,15H,3-4,7-9H2,1-2H3,(H,18,20);2*1H. The summed E-state index contributed by atoms with van der Waals surface area (Å²) in [7, 11) is 1.90. The number of piperidine rings is 1. The number of nitrogens with one attached hydrogen (secondary N) is 2. The minimum absolute atomic E-state index is 0. The van der Waals surface area contributed by atoms with Gasteiger partial charge >= 0.3 is 0 Å². The molecule has 1 amide bonds. The number of nitrogens with zero attached hydrogens (tertiary/aromatic N) is 3. The van der Waals surface area contributed by atoms with E-state index in [2.05, 4.69) is 32.4 Å². The molecule has 22 heavy (non-hydrogen) atoms. The summed E-state index contributed by atoms with van der Waals surface area (Å²) in [6.07, 6.45) is 6.89. The molecule has 8 heteroatoms. The molecule has 0 aliphatic carbocycles. The van der Waals surface area contributed by atoms with Crippen molar-refractivity contribution in [1.82, 2.24) is 20.6 Å². The summed E-state index contributed by atoms with van der Waals surface area (Å²) in [6, 6.07) is 0.304. The number of halogens is 2. The fraction of sp³-hybridized carbons (Fsp3) is 0.643. The highest BCUT2D eigenvalue weighted by atomic mass is 35.5. The van der Waals surface area contributed by atoms with E-state index in [1.54, 1.807) is 18.6 Å². The lowest BCUT2D eigenvalue weighted by Crippen LogP contribution is -2.44. The lowest BCUT2D eigenvalue weighted by Gasteiger charge is -2.32. The average Bonchev–Trinajstić information content (AvgIpc) is 2.53. The smallest absolute Gasteiger partial charge is 0.223 e. The molecule has 1 saturated heterocycles. The van der Waals surface area contributed by atoms with E-state index >= 15 is 0 Å². The predicted octanol–water partition coefficient (Wildman–Crippen LogP) is 1.26. The van der Waals surface area contributed by atoms with Gasteiger partial charge in [-0.15, -0.1) is 24.8 Å². The summed E-state index contributed by atoms with van der Waals surface area (Å²) in [4.78, 5) is 22.6. The third-order valence-corrected chi connectivity index (χ3v) is 3.81. The van der Waals surface area contributed by atoms with Crippen LogP contribution in [-0.4, -0.2) is 48.6 Å². The maximum absolute atomic E-state index is 12.1. The Hall–Kier alpha value is -1.11. The number of carbonyl (C=O) groups excluding carboxylic acids is 1. The molecule has 126 valence electrons. The van der Waals surface area contributed by atoms with Crippen LogP contribution in [0.25, 0.3) is 0 Å². The van der Waals surface area contributed by atoms with E-state index < -0.39 is 0 Å². The van der Waals surface area contributed by atoms with Gasteiger partial charge in [0.2, 0.25) is 5.91 Å². The van der Waals surface area contributed by atoms with Crippen LogP contribution in [0.4, 0.5) is 5.82 Å². The molecule has 2 N–H and O–H groups in total. The Kier molecular flexibility index (Phi) is 10.1. The summed E-state index contributed by atoms with van der Waals surface area (Å²) < 4.78 is 0. The number of rotatable bonds is 5. The van der Waals surface area contributed by atoms with Crippen molar-refractivity contribution in [3.8, 4) is 0 Å². The van der Waals surface area contributed by atoms with E-state index in [0.717, 1.165) is 31.7 Å². The molecule has 6 nitrogen and oxygen atoms in total. The summed E-state index contributed by atoms with van der Waals surface area (Å²) in [6.45, 7) is 4.45. The second-order valence-corrected chi connectivity index (χ2v) is 5.26. The topological polar surface area (TPSA) is 70.2 Å². The Morgan fingerprint density at radius 3 is 2.59 bits per heavy atom. The Labute approximate surface area is 144 Å². The lowest BCUT2D eigenvalue weighted by molar-refractivity contribution is -0.125. The molecule has 1 unspecified atom stereocenters. The number of aromatic nitrogens is 2. The molecular formula is C14H25Cl2N5O. The zero-order valence-electron chi connectivity index (χ0n) is 13.0. The van der Waals surface area contributed by atoms with Crippen molar-refractivity contribution in [2.75, 3.05) is 31.6 Å². The Bertz CT molecular complexity index is 427. The van der Waals surface area contributed by atoms with E-state index in [1.807, 2.05) is 7.05 Å². The molecule has 1 aromatic heterocycles. The Balaban J connectivity index is 0.00000220. The van der Waals surface area contributed by atoms with Gasteiger partial charge in [-0.3, -0.25) is 9.78 Å². The van der Waals surface area contributed by atoms with Gasteiger partial charge in [0.15, 0.2) is 0 Å². The first-order valence-corrected chi connectivity index (χ1v) is 7.16. The number of anilines is 1. The van der Waals surface area contributed by atoms with Crippen molar-refractivity contribution in [3.05, 3.63) is 18.6 Å². The number of hydrogen-bond donors (Lipinski definition) is 2. The molecule has 1 atom stereocenters. The van der Waals surface area contributed by atoms with Gasteiger partial charge in [0.05, 0.1) is 6.20 Å². The quantitative estimate of drug-likeness (QED) is 0.837. The molecule has 1 aliphatic heterocycles. The van der Waals surface area contributed by atoms with Crippen LogP contribution >= 0.6 is 24.8 Å². The van der Waals surface area contributed by atoms with Crippen LogP contribution in [0.15, 0.2) is 18.6 Å². The molecular weight excluding hydrogens is 325 g/mol. The summed E-state index contributed by atoms with van der Waals surface area (Å²) in [5, 5.41) is 6.12. The van der Waals surface area contributed by atoms with E-state index in [0.29, 0.717) is 12.6 Å². The maximum Gasteiger partial charge on any atom is 0.223 e. The van der Waals surface area contributed by atoms with Gasteiger partial charge in [0, 0.05) is 44.0 Å². The highest BCUT2D eigenvalue weighted by Gasteiger charge is 2.25. The molecule has 0 spiro atoms. The summed E-state index contributed by atoms with van der Waals surface area (Å²) in [5.41, 5.74) is 0. The largest absolute Gasteiger partial charge is 0.355 e. The summed E-state index contributed by atoms with van der Waals surface area (Å²) in [5.74, 6) is 1.19. The van der Waals surface area contributed by atoms with Crippen LogP contribution in [0.1, 0.15) is 19.8 Å². The first-order valence-electron chi connectivity index (χ1n) is 7.16. The fourth-order valence-corrected chi connectivity index (χ4v) is 2.33. The third-order valence-electron chi connectivity index (χ3n) is 3.81. The van der Waals surface area contributed by atoms with Crippen LogP contribution in [0, 0.1) is 5.92 Å². The van der Waals surface area contributed by atoms with Gasteiger partial charge in [-0.25, -0.2) is 4.98 Å². The van der Waals surface area contributed by atoms with Crippen molar-refractivity contribution >= 4 is 36.5 Å². The van der Waals surface area contributed by atoms with Gasteiger partial charge in [0.1, 0.15) is 5.82 Å². The maximum atomic E-state index is 12.1. The highest BCUT2D eigenvalue weighted by Crippen LogP contribution is 2.21. The number of likely N-dealkylation sites (N-methyl/N-ethyl adjacent to an activating group) is 1. The average molecular weight is 350 g/mol. The SMILES string of the molecule is CNC(C)CNC(=O)C1CCN(c2cnccn2)CC1.Cl.Cl. The van der Waals surface area contributed by atoms with Crippen molar-refractivity contribution in [2.24, 2.45) is 5.92 Å². The first-order chi connectivity index (χ1) is 9.70. The van der Waals surface area contributed by atoms with Crippen LogP contribution < -0.4 is 15.5 Å². The van der Waals surface area contributed by atoms with E-state index in [-0.39, 0.29) is 36.6 Å². The van der Waals surface area contributed by atoms with Gasteiger partial charge in [-0.1, -0.05) is 0 Å². The van der Waals surface area contributed by atoms with Crippen LogP contribution in [0.2, 0.25) is 0 Å². The van der Waals surface area contributed by atoms with Crippen molar-refractivity contribution in [1.29, 1.82) is 0 Å². The molecule has 2 heterocycles. The minimum atomic E-state index is 0. The van der Waals surface area contributed by atoms with Crippen LogP contribution in [0.5, 0.6) is 0 Å². The Morgan fingerprint density at radius 2 is 2.05 bits per heavy atom. The molecule has 2 rings (SSSR count). The van der Waals surface area contributed by atoms with E-state index in [9.17, 15) is 4.79 Å². The third kappa shape index (κ3) is 5.94. The number of carbonyl (C=O) groups is 1. The minimum Gasteiger partial charge on any atom is -0.355 e. The molecule has 1 fully saturated rings. The van der Waals surface area contributed by atoms with Crippen LogP contribution in [0.3, 0.4) is 0 Å². The molecule has 1 aliphatic rings. The molecule has 0 radical (unpaired) electrons. The second kappa shape index (κ2) is 10.6. The molecule has 1 aromatic rings. The Morgan fingerprint density at radius 1 is 1.36 bits per heavy atom. The zero-order valence-corrected chi connectivity index (χ0v) is 14.6. The highest BCUT2D eigenvalue weighted by molar-refractivity contribution is 5.85. The predicted molar refractivity (Wildman–Crippen MR) is 93.0 cm³/mol. The first kappa shape index (κ1) is 20.9. The summed E-state index contributed by atoms with van der Waals surface area (Å²) >= 11 is 0. The number of amides is 1. The van der Waals surface area contributed by atoms with Crippen molar-refractivity contribution < 1.29 is 4.79 Å². The fourth-order valence-electron chi connectivity index (χ4n) is 2.33. The molecule has 0 aromatic carbocycles.